The highest BCUT2D eigenvalue weighted by atomic mass is 16.5. The van der Waals surface area contributed by atoms with Crippen molar-refractivity contribution in [3.8, 4) is 5.75 Å². The van der Waals surface area contributed by atoms with Crippen LogP contribution < -0.4 is 10.1 Å². The molecule has 0 radical (unpaired) electrons. The van der Waals surface area contributed by atoms with E-state index in [1.54, 1.807) is 25.7 Å². The molecule has 3 aromatic rings. The van der Waals surface area contributed by atoms with Crippen LogP contribution in [0, 0.1) is 0 Å². The first-order valence-corrected chi connectivity index (χ1v) is 7.04. The Balaban J connectivity index is 1.71. The maximum atomic E-state index is 12.2. The molecule has 1 N–H and O–H groups in total. The fraction of sp³-hybridized carbons (Fsp3) is 0.235. The van der Waals surface area contributed by atoms with Crippen LogP contribution in [-0.4, -0.2) is 13.0 Å². The van der Waals surface area contributed by atoms with Gasteiger partial charge in [0.2, 0.25) is 5.91 Å². The van der Waals surface area contributed by atoms with Gasteiger partial charge in [0, 0.05) is 17.0 Å². The van der Waals surface area contributed by atoms with Crippen molar-refractivity contribution in [2.75, 3.05) is 7.11 Å². The van der Waals surface area contributed by atoms with E-state index in [4.69, 9.17) is 13.6 Å². The van der Waals surface area contributed by atoms with Gasteiger partial charge >= 0.3 is 0 Å². The van der Waals surface area contributed by atoms with Crippen molar-refractivity contribution in [3.63, 3.8) is 0 Å². The van der Waals surface area contributed by atoms with Crippen LogP contribution in [0.1, 0.15) is 24.3 Å². The van der Waals surface area contributed by atoms with E-state index in [2.05, 4.69) is 5.32 Å². The Morgan fingerprint density at radius 3 is 2.91 bits per heavy atom. The minimum absolute atomic E-state index is 0.0811. The highest BCUT2D eigenvalue weighted by molar-refractivity contribution is 5.88. The third-order valence-electron chi connectivity index (χ3n) is 3.56. The number of hydrogen-bond donors (Lipinski definition) is 1. The number of ether oxygens (including phenoxy) is 1. The first kappa shape index (κ1) is 14.3. The van der Waals surface area contributed by atoms with Crippen molar-refractivity contribution in [1.82, 2.24) is 5.32 Å². The number of methoxy groups -OCH3 is 1. The molecule has 22 heavy (non-hydrogen) atoms. The molecule has 0 saturated heterocycles. The fourth-order valence-electron chi connectivity index (χ4n) is 2.40. The zero-order chi connectivity index (χ0) is 15.5. The Kier molecular flexibility index (Phi) is 3.87. The van der Waals surface area contributed by atoms with Gasteiger partial charge in [0.05, 0.1) is 32.1 Å². The van der Waals surface area contributed by atoms with Gasteiger partial charge in [-0.3, -0.25) is 4.79 Å². The van der Waals surface area contributed by atoms with Crippen molar-refractivity contribution in [3.05, 3.63) is 54.2 Å². The molecule has 0 spiro atoms. The normalized spacial score (nSPS) is 12.3. The first-order valence-electron chi connectivity index (χ1n) is 7.04. The van der Waals surface area contributed by atoms with Crippen LogP contribution in [0.2, 0.25) is 0 Å². The third-order valence-corrected chi connectivity index (χ3v) is 3.56. The van der Waals surface area contributed by atoms with E-state index >= 15 is 0 Å². The molecule has 114 valence electrons. The van der Waals surface area contributed by atoms with Gasteiger partial charge in [-0.05, 0) is 31.2 Å². The summed E-state index contributed by atoms with van der Waals surface area (Å²) in [5.74, 6) is 1.38. The second kappa shape index (κ2) is 5.97. The Morgan fingerprint density at radius 2 is 2.18 bits per heavy atom. The summed E-state index contributed by atoms with van der Waals surface area (Å²) >= 11 is 0. The second-order valence-corrected chi connectivity index (χ2v) is 5.10. The molecule has 0 aliphatic rings. The number of carbonyl (C=O) groups is 1. The number of hydrogen-bond acceptors (Lipinski definition) is 4. The van der Waals surface area contributed by atoms with E-state index < -0.39 is 0 Å². The van der Waals surface area contributed by atoms with Crippen LogP contribution in [0.5, 0.6) is 5.75 Å². The van der Waals surface area contributed by atoms with Gasteiger partial charge in [0.25, 0.3) is 0 Å². The van der Waals surface area contributed by atoms with Crippen molar-refractivity contribution in [1.29, 1.82) is 0 Å². The Hall–Kier alpha value is -2.69. The van der Waals surface area contributed by atoms with Crippen molar-refractivity contribution in [2.24, 2.45) is 0 Å². The number of fused-ring (bicyclic) bond motifs is 1. The molecular weight excluding hydrogens is 282 g/mol. The van der Waals surface area contributed by atoms with E-state index in [1.165, 1.54) is 0 Å². The summed E-state index contributed by atoms with van der Waals surface area (Å²) in [6.07, 6.45) is 3.46. The van der Waals surface area contributed by atoms with Crippen LogP contribution in [0.25, 0.3) is 11.0 Å². The van der Waals surface area contributed by atoms with Crippen LogP contribution in [0.3, 0.4) is 0 Å². The van der Waals surface area contributed by atoms with E-state index in [1.807, 2.05) is 31.2 Å². The zero-order valence-electron chi connectivity index (χ0n) is 12.5. The van der Waals surface area contributed by atoms with Crippen molar-refractivity contribution < 1.29 is 18.4 Å². The Bertz CT molecular complexity index is 773. The van der Waals surface area contributed by atoms with Crippen LogP contribution in [0.15, 0.2) is 51.7 Å². The maximum absolute atomic E-state index is 12.2. The largest absolute Gasteiger partial charge is 0.497 e. The summed E-state index contributed by atoms with van der Waals surface area (Å²) < 4.78 is 15.9. The third kappa shape index (κ3) is 2.83. The summed E-state index contributed by atoms with van der Waals surface area (Å²) in [6, 6.07) is 9.03. The van der Waals surface area contributed by atoms with Gasteiger partial charge in [0.15, 0.2) is 0 Å². The molecule has 0 unspecified atom stereocenters. The smallest absolute Gasteiger partial charge is 0.225 e. The summed E-state index contributed by atoms with van der Waals surface area (Å²) in [5.41, 5.74) is 1.56. The summed E-state index contributed by atoms with van der Waals surface area (Å²) in [6.45, 7) is 1.88. The number of carbonyl (C=O) groups excluding carboxylic acids is 1. The van der Waals surface area contributed by atoms with Gasteiger partial charge in [-0.2, -0.15) is 0 Å². The number of furan rings is 2. The average molecular weight is 299 g/mol. The summed E-state index contributed by atoms with van der Waals surface area (Å²) in [4.78, 5) is 12.2. The quantitative estimate of drug-likeness (QED) is 0.783. The SMILES string of the molecule is COc1ccc2c(CC(=O)N[C@H](C)c3ccco3)coc2c1. The van der Waals surface area contributed by atoms with E-state index in [9.17, 15) is 4.79 Å². The minimum atomic E-state index is -0.166. The molecule has 1 amide bonds. The summed E-state index contributed by atoms with van der Waals surface area (Å²) in [7, 11) is 1.61. The first-order chi connectivity index (χ1) is 10.7. The van der Waals surface area contributed by atoms with Gasteiger partial charge in [-0.15, -0.1) is 0 Å². The van der Waals surface area contributed by atoms with Crippen molar-refractivity contribution >= 4 is 16.9 Å². The number of amides is 1. The number of rotatable bonds is 5. The lowest BCUT2D eigenvalue weighted by molar-refractivity contribution is -0.121. The lowest BCUT2D eigenvalue weighted by Gasteiger charge is -2.10. The van der Waals surface area contributed by atoms with Gasteiger partial charge in [-0.25, -0.2) is 0 Å². The van der Waals surface area contributed by atoms with E-state index in [-0.39, 0.29) is 18.4 Å². The van der Waals surface area contributed by atoms with Crippen LogP contribution in [-0.2, 0) is 11.2 Å². The molecule has 0 aliphatic heterocycles. The number of benzene rings is 1. The predicted molar refractivity (Wildman–Crippen MR) is 81.7 cm³/mol. The monoisotopic (exact) mass is 299 g/mol. The summed E-state index contributed by atoms with van der Waals surface area (Å²) in [5, 5.41) is 3.83. The molecule has 1 atom stereocenters. The van der Waals surface area contributed by atoms with Crippen molar-refractivity contribution in [2.45, 2.75) is 19.4 Å². The van der Waals surface area contributed by atoms with Gasteiger partial charge in [0.1, 0.15) is 17.1 Å². The van der Waals surface area contributed by atoms with Gasteiger partial charge in [-0.1, -0.05) is 0 Å². The average Bonchev–Trinajstić information content (AvgIpc) is 3.16. The van der Waals surface area contributed by atoms with Crippen LogP contribution in [0.4, 0.5) is 0 Å². The molecule has 0 saturated carbocycles. The maximum Gasteiger partial charge on any atom is 0.225 e. The second-order valence-electron chi connectivity index (χ2n) is 5.10. The topological polar surface area (TPSA) is 64.6 Å². The number of nitrogens with one attached hydrogen (secondary N) is 1. The van der Waals surface area contributed by atoms with E-state index in [0.29, 0.717) is 5.58 Å². The molecule has 0 aliphatic carbocycles. The lowest BCUT2D eigenvalue weighted by atomic mass is 10.1. The molecule has 1 aromatic carbocycles. The molecule has 2 aromatic heterocycles. The zero-order valence-corrected chi connectivity index (χ0v) is 12.5. The lowest BCUT2D eigenvalue weighted by Crippen LogP contribution is -2.27. The standard InChI is InChI=1S/C17H17NO4/c1-11(15-4-3-7-21-15)18-17(19)8-12-10-22-16-9-13(20-2)5-6-14(12)16/h3-7,9-11H,8H2,1-2H3,(H,18,19)/t11-/m1/s1. The fourth-order valence-corrected chi connectivity index (χ4v) is 2.40. The predicted octanol–water partition coefficient (Wildman–Crippen LogP) is 3.45. The molecule has 5 nitrogen and oxygen atoms in total. The molecule has 2 heterocycles. The van der Waals surface area contributed by atoms with E-state index in [0.717, 1.165) is 22.5 Å². The van der Waals surface area contributed by atoms with Crippen LogP contribution >= 0.6 is 0 Å². The highest BCUT2D eigenvalue weighted by Crippen LogP contribution is 2.26. The van der Waals surface area contributed by atoms with Gasteiger partial charge < -0.3 is 18.9 Å². The minimum Gasteiger partial charge on any atom is -0.497 e. The molecule has 0 fully saturated rings. The highest BCUT2D eigenvalue weighted by Gasteiger charge is 2.15. The molecule has 5 heteroatoms. The molecule has 3 rings (SSSR count). The Labute approximate surface area is 127 Å². The Morgan fingerprint density at radius 1 is 1.32 bits per heavy atom. The molecule has 0 bridgehead atoms. The molecular formula is C17H17NO4.